The number of anilines is 1. The van der Waals surface area contributed by atoms with Gasteiger partial charge in [0.15, 0.2) is 0 Å². The van der Waals surface area contributed by atoms with Gasteiger partial charge in [-0.25, -0.2) is 9.07 Å². The molecule has 0 saturated heterocycles. The van der Waals surface area contributed by atoms with Crippen molar-refractivity contribution in [3.05, 3.63) is 71.3 Å². The number of halogens is 1. The maximum absolute atomic E-state index is 13.2. The minimum atomic E-state index is -0.311. The Morgan fingerprint density at radius 3 is 2.38 bits per heavy atom. The predicted octanol–water partition coefficient (Wildman–Crippen LogP) is 5.20. The van der Waals surface area contributed by atoms with Gasteiger partial charge in [0.25, 0.3) is 5.91 Å². The molecule has 2 aromatic carbocycles. The highest BCUT2D eigenvalue weighted by Crippen LogP contribution is 2.25. The van der Waals surface area contributed by atoms with Gasteiger partial charge in [-0.2, -0.15) is 5.10 Å². The highest BCUT2D eigenvalue weighted by atomic mass is 19.1. The molecule has 4 rings (SSSR count). The molecule has 6 heteroatoms. The third kappa shape index (κ3) is 4.16. The second-order valence-corrected chi connectivity index (χ2v) is 7.44. The number of carbonyl (C=O) groups is 1. The Morgan fingerprint density at radius 1 is 1.07 bits per heavy atom. The summed E-state index contributed by atoms with van der Waals surface area (Å²) in [5.74, 6) is 0.290. The first-order chi connectivity index (χ1) is 14.0. The number of carbonyl (C=O) groups excluding carboxylic acids is 1. The fourth-order valence-electron chi connectivity index (χ4n) is 3.81. The molecule has 1 amide bonds. The predicted molar refractivity (Wildman–Crippen MR) is 110 cm³/mol. The van der Waals surface area contributed by atoms with Crippen molar-refractivity contribution in [2.24, 2.45) is 0 Å². The van der Waals surface area contributed by atoms with E-state index in [2.05, 4.69) is 10.4 Å². The van der Waals surface area contributed by atoms with Crippen LogP contribution in [-0.2, 0) is 0 Å². The average molecular weight is 393 g/mol. The molecular formula is C23H24FN3O2. The van der Waals surface area contributed by atoms with Crippen molar-refractivity contribution in [1.82, 2.24) is 9.78 Å². The number of nitrogens with zero attached hydrogens (tertiary/aromatic N) is 2. The molecule has 0 aliphatic heterocycles. The Kier molecular flexibility index (Phi) is 5.34. The number of nitrogens with one attached hydrogen (secondary N) is 1. The first kappa shape index (κ1) is 19.2. The van der Waals surface area contributed by atoms with Crippen molar-refractivity contribution in [2.75, 3.05) is 5.32 Å². The first-order valence-corrected chi connectivity index (χ1v) is 9.91. The summed E-state index contributed by atoms with van der Waals surface area (Å²) in [6.07, 6.45) is 4.97. The summed E-state index contributed by atoms with van der Waals surface area (Å²) in [5.41, 5.74) is 3.24. The zero-order valence-corrected chi connectivity index (χ0v) is 16.6. The van der Waals surface area contributed by atoms with Gasteiger partial charge >= 0.3 is 0 Å². The van der Waals surface area contributed by atoms with Crippen molar-refractivity contribution >= 4 is 11.6 Å². The van der Waals surface area contributed by atoms with Gasteiger partial charge in [-0.3, -0.25) is 4.79 Å². The number of hydrogen-bond acceptors (Lipinski definition) is 3. The molecule has 0 atom stereocenters. The number of ether oxygens (including phenoxy) is 1. The van der Waals surface area contributed by atoms with Crippen LogP contribution >= 0.6 is 0 Å². The van der Waals surface area contributed by atoms with E-state index in [9.17, 15) is 9.18 Å². The van der Waals surface area contributed by atoms with Crippen LogP contribution in [0.1, 0.15) is 47.4 Å². The number of benzene rings is 2. The summed E-state index contributed by atoms with van der Waals surface area (Å²) in [6.45, 7) is 3.62. The highest BCUT2D eigenvalue weighted by molar-refractivity contribution is 6.06. The van der Waals surface area contributed by atoms with Gasteiger partial charge in [0, 0.05) is 5.69 Å². The monoisotopic (exact) mass is 393 g/mol. The number of aromatic nitrogens is 2. The lowest BCUT2D eigenvalue weighted by Gasteiger charge is -2.13. The third-order valence-corrected chi connectivity index (χ3v) is 5.31. The summed E-state index contributed by atoms with van der Waals surface area (Å²) in [4.78, 5) is 12.9. The van der Waals surface area contributed by atoms with Crippen molar-refractivity contribution in [2.45, 2.75) is 45.6 Å². The maximum atomic E-state index is 13.2. The SMILES string of the molecule is Cc1nn(-c2ccc(F)cc2)c(C)c1C(=O)Nc1ccc(OC2CCCC2)cc1. The summed E-state index contributed by atoms with van der Waals surface area (Å²) in [6, 6.07) is 13.5. The van der Waals surface area contributed by atoms with E-state index in [4.69, 9.17) is 4.74 Å². The average Bonchev–Trinajstić information content (AvgIpc) is 3.31. The lowest BCUT2D eigenvalue weighted by molar-refractivity contribution is 0.102. The summed E-state index contributed by atoms with van der Waals surface area (Å²) in [5, 5.41) is 7.38. The van der Waals surface area contributed by atoms with Crippen LogP contribution in [0.3, 0.4) is 0 Å². The summed E-state index contributed by atoms with van der Waals surface area (Å²) in [7, 11) is 0. The van der Waals surface area contributed by atoms with Crippen LogP contribution < -0.4 is 10.1 Å². The van der Waals surface area contributed by atoms with E-state index in [1.807, 2.05) is 31.2 Å². The van der Waals surface area contributed by atoms with E-state index < -0.39 is 0 Å². The molecule has 0 unspecified atom stereocenters. The Morgan fingerprint density at radius 2 is 1.72 bits per heavy atom. The normalized spacial score (nSPS) is 14.2. The largest absolute Gasteiger partial charge is 0.490 e. The van der Waals surface area contributed by atoms with Crippen LogP contribution in [0.2, 0.25) is 0 Å². The number of amides is 1. The number of aryl methyl sites for hydroxylation is 1. The Balaban J connectivity index is 1.49. The lowest BCUT2D eigenvalue weighted by Crippen LogP contribution is -2.14. The van der Waals surface area contributed by atoms with Crippen LogP contribution in [0.5, 0.6) is 5.75 Å². The molecule has 1 fully saturated rings. The minimum Gasteiger partial charge on any atom is -0.490 e. The molecule has 0 spiro atoms. The van der Waals surface area contributed by atoms with Gasteiger partial charge in [0.05, 0.1) is 28.7 Å². The van der Waals surface area contributed by atoms with Crippen LogP contribution in [0, 0.1) is 19.7 Å². The van der Waals surface area contributed by atoms with Gasteiger partial charge in [-0.15, -0.1) is 0 Å². The number of hydrogen-bond donors (Lipinski definition) is 1. The van der Waals surface area contributed by atoms with Crippen LogP contribution in [0.4, 0.5) is 10.1 Å². The van der Waals surface area contributed by atoms with Gasteiger partial charge in [-0.1, -0.05) is 0 Å². The quantitative estimate of drug-likeness (QED) is 0.648. The fourth-order valence-corrected chi connectivity index (χ4v) is 3.81. The van der Waals surface area contributed by atoms with E-state index in [-0.39, 0.29) is 11.7 Å². The lowest BCUT2D eigenvalue weighted by atomic mass is 10.1. The van der Waals surface area contributed by atoms with Crippen molar-refractivity contribution in [1.29, 1.82) is 0 Å². The Hall–Kier alpha value is -3.15. The van der Waals surface area contributed by atoms with E-state index in [1.54, 1.807) is 23.7 Å². The van der Waals surface area contributed by atoms with Crippen molar-refractivity contribution in [3.63, 3.8) is 0 Å². The molecule has 1 heterocycles. The molecule has 29 heavy (non-hydrogen) atoms. The molecule has 1 aliphatic carbocycles. The topological polar surface area (TPSA) is 56.2 Å². The summed E-state index contributed by atoms with van der Waals surface area (Å²) >= 11 is 0. The maximum Gasteiger partial charge on any atom is 0.259 e. The van der Waals surface area contributed by atoms with Crippen LogP contribution in [-0.4, -0.2) is 21.8 Å². The molecule has 1 N–H and O–H groups in total. The van der Waals surface area contributed by atoms with E-state index in [0.717, 1.165) is 18.6 Å². The standard InChI is InChI=1S/C23H24FN3O2/c1-15-22(16(2)27(26-15)19-11-7-17(24)8-12-19)23(28)25-18-9-13-21(14-10-18)29-20-5-3-4-6-20/h7-14,20H,3-6H2,1-2H3,(H,25,28). The minimum absolute atomic E-state index is 0.224. The van der Waals surface area contributed by atoms with Gasteiger partial charge in [-0.05, 0) is 88.1 Å². The third-order valence-electron chi connectivity index (χ3n) is 5.31. The molecule has 0 radical (unpaired) electrons. The van der Waals surface area contributed by atoms with Crippen LogP contribution in [0.15, 0.2) is 48.5 Å². The van der Waals surface area contributed by atoms with E-state index >= 15 is 0 Å². The Labute approximate surface area is 169 Å². The van der Waals surface area contributed by atoms with E-state index in [1.165, 1.54) is 25.0 Å². The molecule has 0 bridgehead atoms. The van der Waals surface area contributed by atoms with E-state index in [0.29, 0.717) is 34.4 Å². The zero-order valence-electron chi connectivity index (χ0n) is 16.6. The molecule has 150 valence electrons. The molecule has 1 saturated carbocycles. The fraction of sp³-hybridized carbons (Fsp3) is 0.304. The first-order valence-electron chi connectivity index (χ1n) is 9.91. The van der Waals surface area contributed by atoms with Gasteiger partial charge < -0.3 is 10.1 Å². The molecule has 1 aromatic heterocycles. The second kappa shape index (κ2) is 8.07. The molecular weight excluding hydrogens is 369 g/mol. The van der Waals surface area contributed by atoms with Crippen LogP contribution in [0.25, 0.3) is 5.69 Å². The zero-order chi connectivity index (χ0) is 20.4. The van der Waals surface area contributed by atoms with Crippen molar-refractivity contribution < 1.29 is 13.9 Å². The van der Waals surface area contributed by atoms with Gasteiger partial charge in [0.1, 0.15) is 11.6 Å². The smallest absolute Gasteiger partial charge is 0.259 e. The Bertz CT molecular complexity index is 1000. The second-order valence-electron chi connectivity index (χ2n) is 7.44. The highest BCUT2D eigenvalue weighted by Gasteiger charge is 2.20. The van der Waals surface area contributed by atoms with Crippen molar-refractivity contribution in [3.8, 4) is 11.4 Å². The molecule has 3 aromatic rings. The number of rotatable bonds is 5. The summed E-state index contributed by atoms with van der Waals surface area (Å²) < 4.78 is 20.8. The molecule has 5 nitrogen and oxygen atoms in total. The van der Waals surface area contributed by atoms with Gasteiger partial charge in [0.2, 0.25) is 0 Å². The molecule has 1 aliphatic rings.